The number of hydrogen-bond donors (Lipinski definition) is 1. The number of ether oxygens (including phenoxy) is 1. The first-order chi connectivity index (χ1) is 21.2. The number of furan rings is 1. The summed E-state index contributed by atoms with van der Waals surface area (Å²) in [6.07, 6.45) is 1.28. The van der Waals surface area contributed by atoms with Crippen LogP contribution in [0.25, 0.3) is 33.5 Å². The highest BCUT2D eigenvalue weighted by Gasteiger charge is 2.22. The zero-order valence-electron chi connectivity index (χ0n) is 22.3. The summed E-state index contributed by atoms with van der Waals surface area (Å²) >= 11 is 6.75. The third-order valence-electron chi connectivity index (χ3n) is 6.61. The van der Waals surface area contributed by atoms with Crippen LogP contribution in [0.2, 0.25) is 0 Å². The second-order valence-corrected chi connectivity index (χ2v) is 11.3. The average Bonchev–Trinajstić information content (AvgIpc) is 3.43. The van der Waals surface area contributed by atoms with Gasteiger partial charge in [-0.3, -0.25) is 14.9 Å². The number of carboxylic acids is 1. The lowest BCUT2D eigenvalue weighted by atomic mass is 10.1. The third-order valence-corrected chi connectivity index (χ3v) is 7.56. The molecule has 218 valence electrons. The Morgan fingerprint density at radius 1 is 1.05 bits per heavy atom. The number of halogens is 2. The van der Waals surface area contributed by atoms with E-state index in [0.717, 1.165) is 14.5 Å². The molecule has 0 radical (unpaired) electrons. The fraction of sp³-hybridized carbons (Fsp3) is 0.0323. The first-order valence-electron chi connectivity index (χ1n) is 12.9. The molecule has 13 heteroatoms. The largest absolute Gasteiger partial charge is 0.481 e. The zero-order chi connectivity index (χ0) is 31.0. The van der Waals surface area contributed by atoms with Crippen molar-refractivity contribution in [1.29, 1.82) is 0 Å². The average molecular weight is 718 g/mol. The molecule has 2 heterocycles. The number of rotatable bonds is 8. The van der Waals surface area contributed by atoms with Gasteiger partial charge >= 0.3 is 11.7 Å². The molecule has 0 saturated heterocycles. The first-order valence-corrected chi connectivity index (χ1v) is 14.4. The van der Waals surface area contributed by atoms with E-state index in [4.69, 9.17) is 14.3 Å². The summed E-state index contributed by atoms with van der Waals surface area (Å²) in [4.78, 5) is 41.0. The minimum atomic E-state index is -1.08. The van der Waals surface area contributed by atoms with Crippen molar-refractivity contribution < 1.29 is 24.0 Å². The molecule has 0 aliphatic carbocycles. The van der Waals surface area contributed by atoms with Crippen molar-refractivity contribution in [2.24, 2.45) is 5.10 Å². The summed E-state index contributed by atoms with van der Waals surface area (Å²) in [7, 11) is 0. The molecule has 4 aromatic carbocycles. The van der Waals surface area contributed by atoms with Gasteiger partial charge < -0.3 is 14.3 Å². The van der Waals surface area contributed by atoms with Gasteiger partial charge in [0, 0.05) is 26.0 Å². The molecule has 6 aromatic rings. The van der Waals surface area contributed by atoms with Crippen molar-refractivity contribution in [3.8, 4) is 17.3 Å². The fourth-order valence-electron chi connectivity index (χ4n) is 4.52. The van der Waals surface area contributed by atoms with Crippen LogP contribution in [0.15, 0.2) is 108 Å². The number of aromatic carboxylic acids is 1. The van der Waals surface area contributed by atoms with Crippen LogP contribution in [-0.4, -0.2) is 31.9 Å². The van der Waals surface area contributed by atoms with Gasteiger partial charge in [0.2, 0.25) is 11.6 Å². The van der Waals surface area contributed by atoms with Crippen LogP contribution in [0.1, 0.15) is 21.5 Å². The number of para-hydroxylation sites is 1. The number of nitrogens with zero attached hydrogens (tertiary/aromatic N) is 4. The van der Waals surface area contributed by atoms with E-state index in [1.807, 2.05) is 12.1 Å². The molecule has 0 bridgehead atoms. The molecule has 0 aliphatic rings. The minimum absolute atomic E-state index is 0.0959. The van der Waals surface area contributed by atoms with Crippen molar-refractivity contribution in [3.63, 3.8) is 0 Å². The highest BCUT2D eigenvalue weighted by molar-refractivity contribution is 9.10. The van der Waals surface area contributed by atoms with E-state index >= 15 is 0 Å². The number of aromatic nitrogens is 2. The van der Waals surface area contributed by atoms with Crippen LogP contribution in [0.5, 0.6) is 5.75 Å². The van der Waals surface area contributed by atoms with Gasteiger partial charge in [0.25, 0.3) is 5.56 Å². The maximum atomic E-state index is 13.7. The van der Waals surface area contributed by atoms with Gasteiger partial charge in [-0.1, -0.05) is 56.1 Å². The van der Waals surface area contributed by atoms with Crippen LogP contribution in [-0.2, 0) is 6.61 Å². The smallest absolute Gasteiger partial charge is 0.335 e. The summed E-state index contributed by atoms with van der Waals surface area (Å²) < 4.78 is 14.2. The maximum absolute atomic E-state index is 13.7. The Morgan fingerprint density at radius 3 is 2.57 bits per heavy atom. The van der Waals surface area contributed by atoms with E-state index < -0.39 is 16.5 Å². The van der Waals surface area contributed by atoms with Crippen LogP contribution in [0, 0.1) is 10.1 Å². The number of nitro benzene ring substituents is 1. The first kappa shape index (κ1) is 29.0. The number of nitro groups is 1. The SMILES string of the molecule is O=C(O)c1ccc(COc2c(C=Nn3c(-c4cc5cc(Br)ccc5o4)nc4ccccc4c3=O)cc(Br)cc2[N+](=O)[O-])cc1. The quantitative estimate of drug-likeness (QED) is 0.0972. The molecular formula is C31H18Br2N4O7. The van der Waals surface area contributed by atoms with Gasteiger partial charge in [-0.15, -0.1) is 0 Å². The highest BCUT2D eigenvalue weighted by Crippen LogP contribution is 2.35. The maximum Gasteiger partial charge on any atom is 0.335 e. The highest BCUT2D eigenvalue weighted by atomic mass is 79.9. The van der Waals surface area contributed by atoms with Crippen LogP contribution < -0.4 is 10.3 Å². The van der Waals surface area contributed by atoms with Gasteiger partial charge in [-0.2, -0.15) is 9.78 Å². The lowest BCUT2D eigenvalue weighted by Crippen LogP contribution is -2.20. The van der Waals surface area contributed by atoms with Crippen LogP contribution in [0.3, 0.4) is 0 Å². The Labute approximate surface area is 264 Å². The molecule has 11 nitrogen and oxygen atoms in total. The number of carboxylic acid groups (broad SMARTS) is 1. The molecule has 0 aliphatic heterocycles. The summed E-state index contributed by atoms with van der Waals surface area (Å²) in [5.74, 6) is -0.753. The summed E-state index contributed by atoms with van der Waals surface area (Å²) in [6, 6.07) is 22.8. The van der Waals surface area contributed by atoms with E-state index in [1.165, 1.54) is 24.4 Å². The Hall–Kier alpha value is -5.14. The normalized spacial score (nSPS) is 11.4. The number of carbonyl (C=O) groups is 1. The second kappa shape index (κ2) is 11.9. The van der Waals surface area contributed by atoms with Crippen molar-refractivity contribution in [3.05, 3.63) is 131 Å². The molecular weight excluding hydrogens is 700 g/mol. The molecule has 0 atom stereocenters. The van der Waals surface area contributed by atoms with E-state index in [0.29, 0.717) is 32.3 Å². The summed E-state index contributed by atoms with van der Waals surface area (Å²) in [6.45, 7) is -0.0967. The predicted octanol–water partition coefficient (Wildman–Crippen LogP) is 7.40. The standard InChI is InChI=1S/C31H18Br2N4O7/c32-21-9-10-26-19(11-21)13-27(44-26)29-35-24-4-2-1-3-23(24)30(38)36(29)34-15-20-12-22(33)14-25(37(41)42)28(20)43-16-17-5-7-18(8-6-17)31(39)40/h1-15H,16H2,(H,39,40). The van der Waals surface area contributed by atoms with Crippen molar-refractivity contribution in [2.75, 3.05) is 0 Å². The van der Waals surface area contributed by atoms with E-state index in [-0.39, 0.29) is 35.0 Å². The number of hydrogen-bond acceptors (Lipinski definition) is 8. The molecule has 0 unspecified atom stereocenters. The summed E-state index contributed by atoms with van der Waals surface area (Å²) in [5, 5.41) is 26.7. The third kappa shape index (κ3) is 5.74. The van der Waals surface area contributed by atoms with E-state index in [2.05, 4.69) is 41.9 Å². The molecule has 0 fully saturated rings. The van der Waals surface area contributed by atoms with Gasteiger partial charge in [0.1, 0.15) is 12.2 Å². The number of fused-ring (bicyclic) bond motifs is 2. The molecule has 2 aromatic heterocycles. The predicted molar refractivity (Wildman–Crippen MR) is 170 cm³/mol. The lowest BCUT2D eigenvalue weighted by Gasteiger charge is -2.11. The molecule has 1 N–H and O–H groups in total. The lowest BCUT2D eigenvalue weighted by molar-refractivity contribution is -0.386. The van der Waals surface area contributed by atoms with Crippen molar-refractivity contribution in [1.82, 2.24) is 9.66 Å². The van der Waals surface area contributed by atoms with Crippen LogP contribution >= 0.6 is 31.9 Å². The molecule has 44 heavy (non-hydrogen) atoms. The molecule has 6 rings (SSSR count). The van der Waals surface area contributed by atoms with E-state index in [1.54, 1.807) is 54.6 Å². The Kier molecular flexibility index (Phi) is 7.80. The zero-order valence-corrected chi connectivity index (χ0v) is 25.5. The monoisotopic (exact) mass is 716 g/mol. The summed E-state index contributed by atoms with van der Waals surface area (Å²) in [5.41, 5.74) is 1.09. The molecule has 0 amide bonds. The van der Waals surface area contributed by atoms with E-state index in [9.17, 15) is 19.7 Å². The Morgan fingerprint density at radius 2 is 1.82 bits per heavy atom. The van der Waals surface area contributed by atoms with Gasteiger partial charge in [0.15, 0.2) is 5.76 Å². The van der Waals surface area contributed by atoms with Crippen molar-refractivity contribution >= 4 is 71.6 Å². The molecule has 0 saturated carbocycles. The van der Waals surface area contributed by atoms with Crippen LogP contribution in [0.4, 0.5) is 5.69 Å². The fourth-order valence-corrected chi connectivity index (χ4v) is 5.36. The molecule has 0 spiro atoms. The number of benzene rings is 4. The second-order valence-electron chi connectivity index (χ2n) is 9.50. The Balaban J connectivity index is 1.46. The van der Waals surface area contributed by atoms with Gasteiger partial charge in [-0.05, 0) is 60.2 Å². The Bertz CT molecular complexity index is 2190. The van der Waals surface area contributed by atoms with Crippen molar-refractivity contribution in [2.45, 2.75) is 6.61 Å². The van der Waals surface area contributed by atoms with Gasteiger partial charge in [-0.25, -0.2) is 9.78 Å². The minimum Gasteiger partial charge on any atom is -0.481 e. The van der Waals surface area contributed by atoms with Gasteiger partial charge in [0.05, 0.1) is 27.6 Å². The topological polar surface area (TPSA) is 150 Å².